The Labute approximate surface area is 170 Å². The van der Waals surface area contributed by atoms with E-state index in [-0.39, 0.29) is 0 Å². The number of fused-ring (bicyclic) bond motifs is 1. The first-order valence-corrected chi connectivity index (χ1v) is 9.55. The van der Waals surface area contributed by atoms with Crippen LogP contribution in [0.4, 0.5) is 0 Å². The lowest BCUT2D eigenvalue weighted by Crippen LogP contribution is -2.00. The quantitative estimate of drug-likeness (QED) is 0.409. The van der Waals surface area contributed by atoms with Crippen molar-refractivity contribution in [3.05, 3.63) is 95.7 Å². The van der Waals surface area contributed by atoms with Crippen LogP contribution in [0.5, 0.6) is 17.2 Å². The first-order valence-electron chi connectivity index (χ1n) is 9.55. The molecule has 0 aliphatic heterocycles. The summed E-state index contributed by atoms with van der Waals surface area (Å²) in [5.74, 6) is 2.28. The summed E-state index contributed by atoms with van der Waals surface area (Å²) in [7, 11) is 1.65. The van der Waals surface area contributed by atoms with E-state index in [0.29, 0.717) is 13.2 Å². The minimum Gasteiger partial charge on any atom is -0.493 e. The Morgan fingerprint density at radius 3 is 2.41 bits per heavy atom. The number of rotatable bonds is 7. The molecule has 0 aliphatic rings. The van der Waals surface area contributed by atoms with Gasteiger partial charge in [-0.05, 0) is 54.4 Å². The third kappa shape index (κ3) is 4.66. The maximum Gasteiger partial charge on any atom is 0.161 e. The van der Waals surface area contributed by atoms with Gasteiger partial charge in [-0.1, -0.05) is 42.5 Å². The van der Waals surface area contributed by atoms with Gasteiger partial charge in [0.1, 0.15) is 19.0 Å². The zero-order chi connectivity index (χ0) is 20.1. The molecule has 0 spiro atoms. The van der Waals surface area contributed by atoms with Crippen molar-refractivity contribution < 1.29 is 14.2 Å². The largest absolute Gasteiger partial charge is 0.493 e. The van der Waals surface area contributed by atoms with Crippen LogP contribution in [0.3, 0.4) is 0 Å². The smallest absolute Gasteiger partial charge is 0.161 e. The second-order valence-electron chi connectivity index (χ2n) is 6.87. The van der Waals surface area contributed by atoms with Crippen molar-refractivity contribution in [3.8, 4) is 17.2 Å². The number of para-hydroxylation sites is 1. The number of benzene rings is 3. The summed E-state index contributed by atoms with van der Waals surface area (Å²) < 4.78 is 17.2. The summed E-state index contributed by atoms with van der Waals surface area (Å²) in [6, 6.07) is 26.0. The molecular formula is C25H23NO3. The third-order valence-electron chi connectivity index (χ3n) is 4.68. The van der Waals surface area contributed by atoms with Gasteiger partial charge in [-0.15, -0.1) is 0 Å². The molecule has 146 valence electrons. The Kier molecular flexibility index (Phi) is 5.61. The highest BCUT2D eigenvalue weighted by atomic mass is 16.5. The fourth-order valence-electron chi connectivity index (χ4n) is 3.08. The van der Waals surface area contributed by atoms with Crippen molar-refractivity contribution in [3.63, 3.8) is 0 Å². The van der Waals surface area contributed by atoms with Gasteiger partial charge in [0.25, 0.3) is 0 Å². The van der Waals surface area contributed by atoms with Crippen LogP contribution >= 0.6 is 0 Å². The highest BCUT2D eigenvalue weighted by Gasteiger charge is 2.05. The lowest BCUT2D eigenvalue weighted by atomic mass is 10.2. The Balaban J connectivity index is 1.35. The average molecular weight is 385 g/mol. The molecule has 0 atom stereocenters. The molecule has 0 bridgehead atoms. The predicted octanol–water partition coefficient (Wildman–Crippen LogP) is 5.71. The van der Waals surface area contributed by atoms with E-state index in [2.05, 4.69) is 17.1 Å². The normalized spacial score (nSPS) is 10.7. The number of aromatic nitrogens is 1. The van der Waals surface area contributed by atoms with Crippen LogP contribution in [0.15, 0.2) is 78.9 Å². The van der Waals surface area contributed by atoms with Crippen LogP contribution in [-0.2, 0) is 13.2 Å². The molecule has 0 amide bonds. The zero-order valence-electron chi connectivity index (χ0n) is 16.6. The summed E-state index contributed by atoms with van der Waals surface area (Å²) in [6.45, 7) is 2.92. The van der Waals surface area contributed by atoms with E-state index in [9.17, 15) is 0 Å². The molecule has 1 heterocycles. The minimum atomic E-state index is 0.432. The predicted molar refractivity (Wildman–Crippen MR) is 115 cm³/mol. The monoisotopic (exact) mass is 385 g/mol. The number of hydrogen-bond donors (Lipinski definition) is 0. The van der Waals surface area contributed by atoms with Gasteiger partial charge in [-0.2, -0.15) is 0 Å². The number of methoxy groups -OCH3 is 1. The molecule has 4 heteroatoms. The van der Waals surface area contributed by atoms with Crippen molar-refractivity contribution in [2.45, 2.75) is 20.1 Å². The first-order chi connectivity index (χ1) is 14.2. The molecule has 4 nitrogen and oxygen atoms in total. The number of hydrogen-bond acceptors (Lipinski definition) is 4. The topological polar surface area (TPSA) is 40.6 Å². The summed E-state index contributed by atoms with van der Waals surface area (Å²) >= 11 is 0. The summed E-state index contributed by atoms with van der Waals surface area (Å²) in [4.78, 5) is 4.64. The molecule has 1 aromatic heterocycles. The van der Waals surface area contributed by atoms with Crippen molar-refractivity contribution in [2.24, 2.45) is 0 Å². The Hall–Kier alpha value is -3.53. The lowest BCUT2D eigenvalue weighted by molar-refractivity contribution is 0.283. The lowest BCUT2D eigenvalue weighted by Gasteiger charge is -2.12. The van der Waals surface area contributed by atoms with Gasteiger partial charge >= 0.3 is 0 Å². The van der Waals surface area contributed by atoms with Gasteiger partial charge in [0, 0.05) is 5.39 Å². The van der Waals surface area contributed by atoms with Crippen molar-refractivity contribution in [2.75, 3.05) is 7.11 Å². The molecule has 0 N–H and O–H groups in total. The fourth-order valence-corrected chi connectivity index (χ4v) is 3.08. The van der Waals surface area contributed by atoms with E-state index < -0.39 is 0 Å². The van der Waals surface area contributed by atoms with Crippen molar-refractivity contribution in [1.82, 2.24) is 4.98 Å². The molecule has 0 radical (unpaired) electrons. The van der Waals surface area contributed by atoms with Crippen LogP contribution in [0, 0.1) is 6.92 Å². The summed E-state index contributed by atoms with van der Waals surface area (Å²) in [6.07, 6.45) is 0. The fraction of sp³-hybridized carbons (Fsp3) is 0.160. The van der Waals surface area contributed by atoms with Crippen molar-refractivity contribution >= 4 is 10.9 Å². The third-order valence-corrected chi connectivity index (χ3v) is 4.68. The standard InChI is InChI=1S/C25H23NO3/c1-18-7-14-24(25(15-18)27-2)29-16-19-8-12-22(13-9-19)28-17-21-11-10-20-5-3-4-6-23(20)26-21/h3-15H,16-17H2,1-2H3. The molecule has 0 saturated heterocycles. The van der Waals surface area contributed by atoms with Crippen LogP contribution in [0.1, 0.15) is 16.8 Å². The van der Waals surface area contributed by atoms with Gasteiger partial charge in [0.15, 0.2) is 11.5 Å². The maximum atomic E-state index is 5.90. The highest BCUT2D eigenvalue weighted by molar-refractivity contribution is 5.78. The zero-order valence-corrected chi connectivity index (χ0v) is 16.6. The number of pyridine rings is 1. The second kappa shape index (κ2) is 8.65. The minimum absolute atomic E-state index is 0.432. The molecular weight excluding hydrogens is 362 g/mol. The summed E-state index contributed by atoms with van der Waals surface area (Å²) in [5, 5.41) is 1.13. The Morgan fingerprint density at radius 1 is 0.759 bits per heavy atom. The number of ether oxygens (including phenoxy) is 3. The SMILES string of the molecule is COc1cc(C)ccc1OCc1ccc(OCc2ccc3ccccc3n2)cc1. The Bertz CT molecular complexity index is 1110. The molecule has 4 rings (SSSR count). The van der Waals surface area contributed by atoms with Gasteiger partial charge in [-0.25, -0.2) is 4.98 Å². The van der Waals surface area contributed by atoms with Gasteiger partial charge in [-0.3, -0.25) is 0 Å². The average Bonchev–Trinajstić information content (AvgIpc) is 2.77. The molecule has 0 saturated carbocycles. The van der Waals surface area contributed by atoms with E-state index in [0.717, 1.165) is 45.0 Å². The van der Waals surface area contributed by atoms with Crippen LogP contribution < -0.4 is 14.2 Å². The van der Waals surface area contributed by atoms with E-state index in [1.165, 1.54) is 0 Å². The molecule has 3 aromatic carbocycles. The second-order valence-corrected chi connectivity index (χ2v) is 6.87. The first kappa shape index (κ1) is 18.8. The molecule has 0 fully saturated rings. The number of nitrogens with zero attached hydrogens (tertiary/aromatic N) is 1. The van der Waals surface area contributed by atoms with Gasteiger partial charge in [0.2, 0.25) is 0 Å². The molecule has 0 unspecified atom stereocenters. The van der Waals surface area contributed by atoms with Crippen LogP contribution in [0.25, 0.3) is 10.9 Å². The molecule has 0 aliphatic carbocycles. The number of aryl methyl sites for hydroxylation is 1. The van der Waals surface area contributed by atoms with Crippen molar-refractivity contribution in [1.29, 1.82) is 0 Å². The van der Waals surface area contributed by atoms with E-state index in [4.69, 9.17) is 14.2 Å². The summed E-state index contributed by atoms with van der Waals surface area (Å²) in [5.41, 5.74) is 4.08. The molecule has 29 heavy (non-hydrogen) atoms. The maximum absolute atomic E-state index is 5.90. The van der Waals surface area contributed by atoms with E-state index in [1.54, 1.807) is 7.11 Å². The molecule has 4 aromatic rings. The van der Waals surface area contributed by atoms with E-state index >= 15 is 0 Å². The van der Waals surface area contributed by atoms with Crippen LogP contribution in [-0.4, -0.2) is 12.1 Å². The Morgan fingerprint density at radius 2 is 1.59 bits per heavy atom. The highest BCUT2D eigenvalue weighted by Crippen LogP contribution is 2.28. The van der Waals surface area contributed by atoms with Crippen LogP contribution in [0.2, 0.25) is 0 Å². The van der Waals surface area contributed by atoms with E-state index in [1.807, 2.05) is 73.7 Å². The van der Waals surface area contributed by atoms with Gasteiger partial charge in [0.05, 0.1) is 18.3 Å². The van der Waals surface area contributed by atoms with Gasteiger partial charge < -0.3 is 14.2 Å².